The van der Waals surface area contributed by atoms with E-state index in [2.05, 4.69) is 10.1 Å². The summed E-state index contributed by atoms with van der Waals surface area (Å²) in [6.07, 6.45) is 2.26. The second kappa shape index (κ2) is 10.5. The predicted molar refractivity (Wildman–Crippen MR) is 116 cm³/mol. The lowest BCUT2D eigenvalue weighted by atomic mass is 10.2. The van der Waals surface area contributed by atoms with Crippen molar-refractivity contribution in [1.29, 1.82) is 0 Å². The number of rotatable bonds is 7. The number of methoxy groups -OCH3 is 1. The molecule has 2 aromatic rings. The number of anilines is 1. The highest BCUT2D eigenvalue weighted by Crippen LogP contribution is 2.24. The fourth-order valence-electron chi connectivity index (χ4n) is 3.33. The Balaban J connectivity index is 1.65. The minimum absolute atomic E-state index is 0.201. The number of hydrogen-bond donors (Lipinski definition) is 1. The Labute approximate surface area is 190 Å². The Morgan fingerprint density at radius 2 is 1.70 bits per heavy atom. The van der Waals surface area contributed by atoms with Gasteiger partial charge in [0.15, 0.2) is 6.61 Å². The van der Waals surface area contributed by atoms with Crippen LogP contribution in [0.3, 0.4) is 0 Å². The van der Waals surface area contributed by atoms with Gasteiger partial charge in [-0.05, 0) is 49.2 Å². The van der Waals surface area contributed by atoms with Crippen LogP contribution in [0.15, 0.2) is 47.4 Å². The van der Waals surface area contributed by atoms with Gasteiger partial charge in [-0.1, -0.05) is 12.5 Å². The van der Waals surface area contributed by atoms with Gasteiger partial charge in [-0.25, -0.2) is 22.4 Å². The lowest BCUT2D eigenvalue weighted by Gasteiger charge is -2.26. The van der Waals surface area contributed by atoms with Gasteiger partial charge in [0, 0.05) is 18.8 Å². The Kier molecular flexibility index (Phi) is 7.77. The minimum atomic E-state index is -4.10. The summed E-state index contributed by atoms with van der Waals surface area (Å²) in [5, 5.41) is 2.47. The summed E-state index contributed by atoms with van der Waals surface area (Å²) in [5.41, 5.74) is 0.309. The fraction of sp³-hybridized carbons (Fsp3) is 0.318. The third-order valence-electron chi connectivity index (χ3n) is 5.00. The number of hydrogen-bond acceptors (Lipinski definition) is 7. The average Bonchev–Trinajstić information content (AvgIpc) is 2.83. The van der Waals surface area contributed by atoms with E-state index in [4.69, 9.17) is 4.74 Å². The molecule has 0 radical (unpaired) electrons. The van der Waals surface area contributed by atoms with Gasteiger partial charge in [0.05, 0.1) is 18.2 Å². The number of nitrogens with one attached hydrogen (secondary N) is 1. The molecular weight excluding hydrogens is 455 g/mol. The molecule has 2 aromatic carbocycles. The maximum absolute atomic E-state index is 14.3. The molecule has 11 heteroatoms. The number of amides is 1. The van der Waals surface area contributed by atoms with Gasteiger partial charge in [-0.2, -0.15) is 4.31 Å². The van der Waals surface area contributed by atoms with Crippen LogP contribution in [0.2, 0.25) is 0 Å². The third-order valence-corrected chi connectivity index (χ3v) is 6.92. The second-order valence-corrected chi connectivity index (χ2v) is 9.21. The summed E-state index contributed by atoms with van der Waals surface area (Å²) < 4.78 is 50.6. The first-order chi connectivity index (χ1) is 15.7. The molecule has 1 amide bonds. The molecule has 0 aromatic heterocycles. The molecule has 1 aliphatic heterocycles. The van der Waals surface area contributed by atoms with Crippen molar-refractivity contribution in [2.75, 3.05) is 32.1 Å². The number of carbonyl (C=O) groups is 3. The van der Waals surface area contributed by atoms with Gasteiger partial charge in [-0.15, -0.1) is 0 Å². The maximum Gasteiger partial charge on any atom is 0.338 e. The number of halogens is 1. The molecule has 1 heterocycles. The number of carbonyl (C=O) groups excluding carboxylic acids is 3. The number of sulfonamides is 1. The molecule has 0 unspecified atom stereocenters. The molecule has 9 nitrogen and oxygen atoms in total. The molecule has 1 N–H and O–H groups in total. The van der Waals surface area contributed by atoms with Crippen molar-refractivity contribution in [2.24, 2.45) is 0 Å². The van der Waals surface area contributed by atoms with Gasteiger partial charge in [0.25, 0.3) is 5.91 Å². The van der Waals surface area contributed by atoms with Crippen molar-refractivity contribution < 1.29 is 36.7 Å². The molecule has 0 aliphatic carbocycles. The lowest BCUT2D eigenvalue weighted by molar-refractivity contribution is -0.119. The number of benzene rings is 2. The first kappa shape index (κ1) is 24.3. The van der Waals surface area contributed by atoms with E-state index < -0.39 is 45.2 Å². The standard InChI is InChI=1S/C22H23FN2O7S/c1-31-21(27)15-6-5-7-17(12-15)24-20(26)14-32-22(28)16-8-9-18(23)19(13-16)33(29,30)25-10-3-2-4-11-25/h5-9,12-13H,2-4,10-11,14H2,1H3,(H,24,26). The van der Waals surface area contributed by atoms with Crippen LogP contribution in [-0.2, 0) is 24.3 Å². The molecule has 1 aliphatic rings. The van der Waals surface area contributed by atoms with E-state index in [1.807, 2.05) is 0 Å². The van der Waals surface area contributed by atoms with Crippen molar-refractivity contribution in [1.82, 2.24) is 4.31 Å². The quantitative estimate of drug-likeness (QED) is 0.608. The van der Waals surface area contributed by atoms with E-state index in [1.54, 1.807) is 0 Å². The first-order valence-electron chi connectivity index (χ1n) is 10.2. The van der Waals surface area contributed by atoms with Gasteiger partial charge < -0.3 is 14.8 Å². The van der Waals surface area contributed by atoms with Gasteiger partial charge >= 0.3 is 11.9 Å². The van der Waals surface area contributed by atoms with E-state index in [9.17, 15) is 27.2 Å². The van der Waals surface area contributed by atoms with E-state index in [0.29, 0.717) is 12.8 Å². The van der Waals surface area contributed by atoms with Crippen molar-refractivity contribution in [3.8, 4) is 0 Å². The van der Waals surface area contributed by atoms with Crippen LogP contribution in [0.1, 0.15) is 40.0 Å². The normalized spacial score (nSPS) is 14.4. The highest BCUT2D eigenvalue weighted by Gasteiger charge is 2.29. The van der Waals surface area contributed by atoms with Crippen LogP contribution >= 0.6 is 0 Å². The summed E-state index contributed by atoms with van der Waals surface area (Å²) in [5.74, 6) is -3.22. The summed E-state index contributed by atoms with van der Waals surface area (Å²) in [6.45, 7) is -0.103. The molecule has 3 rings (SSSR count). The van der Waals surface area contributed by atoms with Crippen LogP contribution < -0.4 is 5.32 Å². The minimum Gasteiger partial charge on any atom is -0.465 e. The van der Waals surface area contributed by atoms with Crippen molar-refractivity contribution >= 4 is 33.6 Å². The van der Waals surface area contributed by atoms with Crippen molar-refractivity contribution in [2.45, 2.75) is 24.2 Å². The molecule has 1 fully saturated rings. The van der Waals surface area contributed by atoms with E-state index in [-0.39, 0.29) is 29.9 Å². The Morgan fingerprint density at radius 1 is 1.00 bits per heavy atom. The zero-order valence-electron chi connectivity index (χ0n) is 17.9. The van der Waals surface area contributed by atoms with Gasteiger partial charge in [0.2, 0.25) is 10.0 Å². The van der Waals surface area contributed by atoms with Gasteiger partial charge in [-0.3, -0.25) is 4.79 Å². The van der Waals surface area contributed by atoms with E-state index in [0.717, 1.165) is 24.6 Å². The third kappa shape index (κ3) is 5.93. The highest BCUT2D eigenvalue weighted by atomic mass is 32.2. The number of nitrogens with zero attached hydrogens (tertiary/aromatic N) is 1. The maximum atomic E-state index is 14.3. The molecule has 33 heavy (non-hydrogen) atoms. The van der Waals surface area contributed by atoms with E-state index >= 15 is 0 Å². The van der Waals surface area contributed by atoms with Crippen LogP contribution in [0, 0.1) is 5.82 Å². The first-order valence-corrected chi connectivity index (χ1v) is 11.6. The summed E-state index contributed by atoms with van der Waals surface area (Å²) >= 11 is 0. The molecular formula is C22H23FN2O7S. The SMILES string of the molecule is COC(=O)c1cccc(NC(=O)COC(=O)c2ccc(F)c(S(=O)(=O)N3CCCCC3)c2)c1. The summed E-state index contributed by atoms with van der Waals surface area (Å²) in [7, 11) is -2.87. The number of piperidine rings is 1. The predicted octanol–water partition coefficient (Wildman–Crippen LogP) is 2.58. The summed E-state index contributed by atoms with van der Waals surface area (Å²) in [6, 6.07) is 8.85. The van der Waals surface area contributed by atoms with Crippen molar-refractivity contribution in [3.05, 3.63) is 59.4 Å². The highest BCUT2D eigenvalue weighted by molar-refractivity contribution is 7.89. The molecule has 0 saturated carbocycles. The fourth-order valence-corrected chi connectivity index (χ4v) is 4.93. The van der Waals surface area contributed by atoms with Crippen molar-refractivity contribution in [3.63, 3.8) is 0 Å². The monoisotopic (exact) mass is 478 g/mol. The zero-order valence-corrected chi connectivity index (χ0v) is 18.7. The van der Waals surface area contributed by atoms with Crippen LogP contribution in [-0.4, -0.2) is 57.4 Å². The summed E-state index contributed by atoms with van der Waals surface area (Å²) in [4.78, 5) is 35.4. The second-order valence-electron chi connectivity index (χ2n) is 7.31. The Hall–Kier alpha value is -3.31. The molecule has 0 bridgehead atoms. The number of ether oxygens (including phenoxy) is 2. The molecule has 0 atom stereocenters. The molecule has 1 saturated heterocycles. The smallest absolute Gasteiger partial charge is 0.338 e. The van der Waals surface area contributed by atoms with Crippen LogP contribution in [0.25, 0.3) is 0 Å². The molecule has 176 valence electrons. The lowest BCUT2D eigenvalue weighted by Crippen LogP contribution is -2.36. The largest absolute Gasteiger partial charge is 0.465 e. The number of esters is 2. The van der Waals surface area contributed by atoms with E-state index in [1.165, 1.54) is 35.7 Å². The zero-order chi connectivity index (χ0) is 24.0. The topological polar surface area (TPSA) is 119 Å². The van der Waals surface area contributed by atoms with Crippen LogP contribution in [0.4, 0.5) is 10.1 Å². The van der Waals surface area contributed by atoms with Gasteiger partial charge in [0.1, 0.15) is 10.7 Å². The Morgan fingerprint density at radius 3 is 2.39 bits per heavy atom. The van der Waals surface area contributed by atoms with Crippen LogP contribution in [0.5, 0.6) is 0 Å². The Bertz CT molecular complexity index is 1160. The molecule has 0 spiro atoms. The average molecular weight is 478 g/mol.